The Labute approximate surface area is 121 Å². The summed E-state index contributed by atoms with van der Waals surface area (Å²) >= 11 is 0. The van der Waals surface area contributed by atoms with Gasteiger partial charge in [-0.3, -0.25) is 5.10 Å². The third-order valence-corrected chi connectivity index (χ3v) is 4.29. The number of nitrogens with zero attached hydrogens (tertiary/aromatic N) is 1. The van der Waals surface area contributed by atoms with Gasteiger partial charge in [-0.05, 0) is 5.92 Å². The van der Waals surface area contributed by atoms with Crippen molar-refractivity contribution in [1.29, 1.82) is 0 Å². The molecule has 1 N–H and O–H groups in total. The maximum absolute atomic E-state index is 12.0. The standard InChI is InChI=1S/C11H15ClN2O5S/c1-6(2)8-10(20(12,16)17)9(14-13-8)11(15)19-7-3-4-18-5-7/h6-7H,3-5H2,1-2H3,(H,13,14). The molecule has 0 aliphatic carbocycles. The van der Waals surface area contributed by atoms with Gasteiger partial charge in [0.2, 0.25) is 0 Å². The van der Waals surface area contributed by atoms with E-state index in [0.29, 0.717) is 19.6 Å². The van der Waals surface area contributed by atoms with Crippen LogP contribution in [-0.2, 0) is 18.5 Å². The Balaban J connectivity index is 2.33. The van der Waals surface area contributed by atoms with Gasteiger partial charge in [-0.25, -0.2) is 13.2 Å². The Kier molecular flexibility index (Phi) is 4.36. The number of ether oxygens (including phenoxy) is 2. The van der Waals surface area contributed by atoms with Crippen LogP contribution in [-0.4, -0.2) is 43.9 Å². The summed E-state index contributed by atoms with van der Waals surface area (Å²) < 4.78 is 33.6. The highest BCUT2D eigenvalue weighted by atomic mass is 35.7. The Bertz CT molecular complexity index is 604. The lowest BCUT2D eigenvalue weighted by molar-refractivity contribution is 0.0259. The van der Waals surface area contributed by atoms with Crippen LogP contribution in [0.4, 0.5) is 0 Å². The molecule has 20 heavy (non-hydrogen) atoms. The minimum absolute atomic E-state index is 0.178. The molecule has 0 saturated carbocycles. The quantitative estimate of drug-likeness (QED) is 0.664. The summed E-state index contributed by atoms with van der Waals surface area (Å²) in [4.78, 5) is 11.7. The number of rotatable bonds is 4. The van der Waals surface area contributed by atoms with Crippen molar-refractivity contribution in [3.8, 4) is 0 Å². The molecule has 1 aliphatic rings. The summed E-state index contributed by atoms with van der Waals surface area (Å²) in [6, 6.07) is 0. The molecule has 0 aromatic carbocycles. The van der Waals surface area contributed by atoms with E-state index in [-0.39, 0.29) is 28.3 Å². The molecule has 2 heterocycles. The maximum Gasteiger partial charge on any atom is 0.360 e. The molecule has 1 fully saturated rings. The molecule has 7 nitrogen and oxygen atoms in total. The van der Waals surface area contributed by atoms with Crippen LogP contribution in [0.2, 0.25) is 0 Å². The molecular formula is C11H15ClN2O5S. The van der Waals surface area contributed by atoms with E-state index in [1.165, 1.54) is 0 Å². The summed E-state index contributed by atoms with van der Waals surface area (Å²) in [5, 5.41) is 6.28. The van der Waals surface area contributed by atoms with Gasteiger partial charge in [-0.15, -0.1) is 0 Å². The molecule has 0 bridgehead atoms. The summed E-state index contributed by atoms with van der Waals surface area (Å²) in [6.07, 6.45) is 0.198. The van der Waals surface area contributed by atoms with Crippen LogP contribution < -0.4 is 0 Å². The molecule has 0 radical (unpaired) electrons. The second-order valence-corrected chi connectivity index (χ2v) is 7.30. The van der Waals surface area contributed by atoms with Gasteiger partial charge < -0.3 is 9.47 Å². The topological polar surface area (TPSA) is 98.3 Å². The monoisotopic (exact) mass is 322 g/mol. The van der Waals surface area contributed by atoms with Crippen LogP contribution >= 0.6 is 10.7 Å². The smallest absolute Gasteiger partial charge is 0.360 e. The first-order valence-electron chi connectivity index (χ1n) is 6.12. The molecule has 1 unspecified atom stereocenters. The first-order valence-corrected chi connectivity index (χ1v) is 8.43. The maximum atomic E-state index is 12.0. The summed E-state index contributed by atoms with van der Waals surface area (Å²) in [5.74, 6) is -0.995. The first kappa shape index (κ1) is 15.3. The zero-order valence-electron chi connectivity index (χ0n) is 11.1. The van der Waals surface area contributed by atoms with E-state index < -0.39 is 15.0 Å². The average molecular weight is 323 g/mol. The van der Waals surface area contributed by atoms with Crippen molar-refractivity contribution < 1.29 is 22.7 Å². The number of hydrogen-bond acceptors (Lipinski definition) is 6. The fourth-order valence-corrected chi connectivity index (χ4v) is 3.31. The average Bonchev–Trinajstić information content (AvgIpc) is 2.95. The molecule has 2 rings (SSSR count). The number of aromatic amines is 1. The van der Waals surface area contributed by atoms with E-state index >= 15 is 0 Å². The molecule has 1 atom stereocenters. The zero-order valence-corrected chi connectivity index (χ0v) is 12.6. The summed E-state index contributed by atoms with van der Waals surface area (Å²) in [7, 11) is 1.30. The Hall–Kier alpha value is -1.12. The van der Waals surface area contributed by atoms with Crippen molar-refractivity contribution in [1.82, 2.24) is 10.2 Å². The number of esters is 1. The molecule has 1 aromatic heterocycles. The van der Waals surface area contributed by atoms with Crippen LogP contribution in [0.15, 0.2) is 4.90 Å². The largest absolute Gasteiger partial charge is 0.455 e. The van der Waals surface area contributed by atoms with Crippen LogP contribution in [0, 0.1) is 0 Å². The van der Waals surface area contributed by atoms with E-state index in [0.717, 1.165) is 0 Å². The number of carbonyl (C=O) groups is 1. The molecule has 9 heteroatoms. The van der Waals surface area contributed by atoms with Gasteiger partial charge in [0.1, 0.15) is 11.0 Å². The third kappa shape index (κ3) is 3.13. The van der Waals surface area contributed by atoms with Crippen LogP contribution in [0.25, 0.3) is 0 Å². The highest BCUT2D eigenvalue weighted by molar-refractivity contribution is 8.13. The van der Waals surface area contributed by atoms with Gasteiger partial charge in [-0.1, -0.05) is 13.8 Å². The second kappa shape index (κ2) is 5.71. The Morgan fingerprint density at radius 2 is 2.25 bits per heavy atom. The van der Waals surface area contributed by atoms with E-state index in [9.17, 15) is 13.2 Å². The molecule has 0 spiro atoms. The van der Waals surface area contributed by atoms with E-state index in [4.69, 9.17) is 20.2 Å². The molecular weight excluding hydrogens is 308 g/mol. The van der Waals surface area contributed by atoms with Crippen molar-refractivity contribution in [2.24, 2.45) is 0 Å². The highest BCUT2D eigenvalue weighted by Crippen LogP contribution is 2.28. The number of H-pyrrole nitrogens is 1. The SMILES string of the molecule is CC(C)c1[nH]nc(C(=O)OC2CCOC2)c1S(=O)(=O)Cl. The van der Waals surface area contributed by atoms with Crippen LogP contribution in [0.5, 0.6) is 0 Å². The Morgan fingerprint density at radius 3 is 2.75 bits per heavy atom. The predicted octanol–water partition coefficient (Wildman–Crippen LogP) is 1.41. The summed E-state index contributed by atoms with van der Waals surface area (Å²) in [6.45, 7) is 4.34. The van der Waals surface area contributed by atoms with Crippen molar-refractivity contribution in [2.75, 3.05) is 13.2 Å². The molecule has 1 aromatic rings. The van der Waals surface area contributed by atoms with Gasteiger partial charge in [0.15, 0.2) is 5.69 Å². The van der Waals surface area contributed by atoms with Crippen molar-refractivity contribution in [2.45, 2.75) is 37.2 Å². The van der Waals surface area contributed by atoms with E-state index in [2.05, 4.69) is 10.2 Å². The van der Waals surface area contributed by atoms with E-state index in [1.54, 1.807) is 13.8 Å². The minimum Gasteiger partial charge on any atom is -0.455 e. The fraction of sp³-hybridized carbons (Fsp3) is 0.636. The van der Waals surface area contributed by atoms with Crippen LogP contribution in [0.3, 0.4) is 0 Å². The third-order valence-electron chi connectivity index (χ3n) is 2.92. The predicted molar refractivity (Wildman–Crippen MR) is 70.4 cm³/mol. The lowest BCUT2D eigenvalue weighted by Gasteiger charge is -2.09. The number of aromatic nitrogens is 2. The lowest BCUT2D eigenvalue weighted by Crippen LogP contribution is -2.19. The van der Waals surface area contributed by atoms with Gasteiger partial charge in [-0.2, -0.15) is 5.10 Å². The van der Waals surface area contributed by atoms with Gasteiger partial charge in [0.05, 0.1) is 18.9 Å². The van der Waals surface area contributed by atoms with Gasteiger partial charge >= 0.3 is 5.97 Å². The van der Waals surface area contributed by atoms with Crippen LogP contribution in [0.1, 0.15) is 42.4 Å². The van der Waals surface area contributed by atoms with Crippen molar-refractivity contribution in [3.63, 3.8) is 0 Å². The zero-order chi connectivity index (χ0) is 14.9. The fourth-order valence-electron chi connectivity index (χ4n) is 1.93. The molecule has 1 saturated heterocycles. The normalized spacial score (nSPS) is 19.5. The number of nitrogens with one attached hydrogen (secondary N) is 1. The lowest BCUT2D eigenvalue weighted by atomic mass is 10.1. The Morgan fingerprint density at radius 1 is 1.55 bits per heavy atom. The van der Waals surface area contributed by atoms with Crippen molar-refractivity contribution in [3.05, 3.63) is 11.4 Å². The molecule has 1 aliphatic heterocycles. The minimum atomic E-state index is -4.10. The number of carbonyl (C=O) groups excluding carboxylic acids is 1. The van der Waals surface area contributed by atoms with Gasteiger partial charge in [0, 0.05) is 17.1 Å². The molecule has 112 valence electrons. The highest BCUT2D eigenvalue weighted by Gasteiger charge is 2.32. The summed E-state index contributed by atoms with van der Waals surface area (Å²) in [5.41, 5.74) is -0.0229. The second-order valence-electron chi connectivity index (χ2n) is 4.80. The van der Waals surface area contributed by atoms with E-state index in [1.807, 2.05) is 0 Å². The number of halogens is 1. The number of hydrogen-bond donors (Lipinski definition) is 1. The van der Waals surface area contributed by atoms with Crippen molar-refractivity contribution >= 4 is 25.7 Å². The first-order chi connectivity index (χ1) is 9.30. The molecule has 0 amide bonds. The van der Waals surface area contributed by atoms with Gasteiger partial charge in [0.25, 0.3) is 9.05 Å².